The molecule has 0 saturated heterocycles. The highest BCUT2D eigenvalue weighted by atomic mass is 16.5. The van der Waals surface area contributed by atoms with Gasteiger partial charge >= 0.3 is 5.97 Å². The molecule has 0 aliphatic heterocycles. The lowest BCUT2D eigenvalue weighted by atomic mass is 10.2. The zero-order valence-electron chi connectivity index (χ0n) is 11.4. The Kier molecular flexibility index (Phi) is 4.12. The fraction of sp³-hybridized carbons (Fsp3) is 0.429. The Morgan fingerprint density at radius 2 is 2.10 bits per heavy atom. The molecule has 6 heteroatoms. The molecule has 1 amide bonds. The Balaban J connectivity index is 2.02. The standard InChI is InChI=1S/C14H17NO5/c1-8(13(17)15-9-6-7-9)20-14(18)10-4-3-5-11(19-2)12(10)16/h3-5,8-9,16H,6-7H2,1-2H3,(H,15,17). The minimum Gasteiger partial charge on any atom is -0.504 e. The molecule has 1 unspecified atom stereocenters. The Morgan fingerprint density at radius 1 is 1.40 bits per heavy atom. The summed E-state index contributed by atoms with van der Waals surface area (Å²) in [6.45, 7) is 1.49. The summed E-state index contributed by atoms with van der Waals surface area (Å²) < 4.78 is 9.95. The molecular formula is C14H17NO5. The number of amides is 1. The number of benzene rings is 1. The monoisotopic (exact) mass is 279 g/mol. The van der Waals surface area contributed by atoms with Gasteiger partial charge in [-0.25, -0.2) is 4.79 Å². The average Bonchev–Trinajstić information content (AvgIpc) is 3.22. The topological polar surface area (TPSA) is 84.9 Å². The van der Waals surface area contributed by atoms with Crippen molar-refractivity contribution in [3.8, 4) is 11.5 Å². The van der Waals surface area contributed by atoms with Crippen molar-refractivity contribution in [3.05, 3.63) is 23.8 Å². The van der Waals surface area contributed by atoms with Crippen molar-refractivity contribution in [2.45, 2.75) is 31.9 Å². The fourth-order valence-corrected chi connectivity index (χ4v) is 1.68. The van der Waals surface area contributed by atoms with Crippen LogP contribution in [0, 0.1) is 0 Å². The van der Waals surface area contributed by atoms with Crippen molar-refractivity contribution in [2.75, 3.05) is 7.11 Å². The number of phenolic OH excluding ortho intramolecular Hbond substituents is 1. The normalized spacial score (nSPS) is 15.3. The summed E-state index contributed by atoms with van der Waals surface area (Å²) in [5.41, 5.74) is -0.0320. The summed E-state index contributed by atoms with van der Waals surface area (Å²) in [5.74, 6) is -1.22. The van der Waals surface area contributed by atoms with Gasteiger partial charge in [0.2, 0.25) is 0 Å². The third kappa shape index (κ3) is 3.20. The van der Waals surface area contributed by atoms with E-state index < -0.39 is 12.1 Å². The first-order valence-corrected chi connectivity index (χ1v) is 6.40. The van der Waals surface area contributed by atoms with Crippen LogP contribution in [0.25, 0.3) is 0 Å². The number of hydrogen-bond acceptors (Lipinski definition) is 5. The van der Waals surface area contributed by atoms with Gasteiger partial charge in [0.1, 0.15) is 5.56 Å². The van der Waals surface area contributed by atoms with Gasteiger partial charge in [-0.05, 0) is 31.9 Å². The first-order valence-electron chi connectivity index (χ1n) is 6.40. The number of hydrogen-bond donors (Lipinski definition) is 2. The van der Waals surface area contributed by atoms with E-state index in [1.165, 1.54) is 26.2 Å². The van der Waals surface area contributed by atoms with E-state index in [1.807, 2.05) is 0 Å². The van der Waals surface area contributed by atoms with Crippen LogP contribution < -0.4 is 10.1 Å². The number of phenols is 1. The second-order valence-electron chi connectivity index (χ2n) is 4.69. The van der Waals surface area contributed by atoms with E-state index in [0.29, 0.717) is 0 Å². The van der Waals surface area contributed by atoms with Gasteiger partial charge < -0.3 is 19.9 Å². The number of para-hydroxylation sites is 1. The van der Waals surface area contributed by atoms with Gasteiger partial charge in [0.05, 0.1) is 7.11 Å². The number of aromatic hydroxyl groups is 1. The molecule has 0 radical (unpaired) electrons. The van der Waals surface area contributed by atoms with E-state index in [1.54, 1.807) is 6.07 Å². The summed E-state index contributed by atoms with van der Waals surface area (Å²) in [4.78, 5) is 23.6. The first-order chi connectivity index (χ1) is 9.52. The Bertz CT molecular complexity index is 524. The van der Waals surface area contributed by atoms with Crippen molar-refractivity contribution in [3.63, 3.8) is 0 Å². The van der Waals surface area contributed by atoms with Gasteiger partial charge in [-0.3, -0.25) is 4.79 Å². The first kappa shape index (κ1) is 14.2. The Morgan fingerprint density at radius 3 is 2.70 bits per heavy atom. The van der Waals surface area contributed by atoms with Crippen LogP contribution in [0.3, 0.4) is 0 Å². The number of methoxy groups -OCH3 is 1. The second-order valence-corrected chi connectivity index (χ2v) is 4.69. The van der Waals surface area contributed by atoms with E-state index in [-0.39, 0.29) is 29.0 Å². The molecule has 0 heterocycles. The zero-order chi connectivity index (χ0) is 14.7. The van der Waals surface area contributed by atoms with E-state index in [0.717, 1.165) is 12.8 Å². The van der Waals surface area contributed by atoms with Crippen LogP contribution in [-0.4, -0.2) is 36.2 Å². The molecule has 1 aliphatic carbocycles. The van der Waals surface area contributed by atoms with Gasteiger partial charge in [0, 0.05) is 6.04 Å². The molecule has 1 aromatic rings. The van der Waals surface area contributed by atoms with Crippen molar-refractivity contribution < 1.29 is 24.2 Å². The Labute approximate surface area is 116 Å². The van der Waals surface area contributed by atoms with E-state index in [2.05, 4.69) is 5.32 Å². The maximum atomic E-state index is 11.9. The summed E-state index contributed by atoms with van der Waals surface area (Å²) >= 11 is 0. The predicted octanol–water partition coefficient (Wildman–Crippen LogP) is 1.22. The van der Waals surface area contributed by atoms with Crippen LogP contribution >= 0.6 is 0 Å². The minimum absolute atomic E-state index is 0.0320. The van der Waals surface area contributed by atoms with Crippen LogP contribution in [0.15, 0.2) is 18.2 Å². The number of ether oxygens (including phenoxy) is 2. The lowest BCUT2D eigenvalue weighted by Crippen LogP contribution is -2.37. The third-order valence-corrected chi connectivity index (χ3v) is 3.02. The molecular weight excluding hydrogens is 262 g/mol. The SMILES string of the molecule is COc1cccc(C(=O)OC(C)C(=O)NC2CC2)c1O. The highest BCUT2D eigenvalue weighted by molar-refractivity contribution is 5.95. The van der Waals surface area contributed by atoms with Crippen molar-refractivity contribution in [2.24, 2.45) is 0 Å². The summed E-state index contributed by atoms with van der Waals surface area (Å²) in [6.07, 6.45) is 1.01. The smallest absolute Gasteiger partial charge is 0.342 e. The average molecular weight is 279 g/mol. The molecule has 0 bridgehead atoms. The van der Waals surface area contributed by atoms with Gasteiger partial charge in [0.15, 0.2) is 17.6 Å². The lowest BCUT2D eigenvalue weighted by Gasteiger charge is -2.14. The van der Waals surface area contributed by atoms with Crippen LogP contribution in [-0.2, 0) is 9.53 Å². The number of rotatable bonds is 5. The maximum Gasteiger partial charge on any atom is 0.342 e. The predicted molar refractivity (Wildman–Crippen MR) is 70.7 cm³/mol. The molecule has 108 valence electrons. The van der Waals surface area contributed by atoms with Gasteiger partial charge in [-0.15, -0.1) is 0 Å². The molecule has 2 rings (SSSR count). The summed E-state index contributed by atoms with van der Waals surface area (Å²) in [5, 5.41) is 12.6. The molecule has 1 aromatic carbocycles. The second kappa shape index (κ2) is 5.81. The third-order valence-electron chi connectivity index (χ3n) is 3.02. The fourth-order valence-electron chi connectivity index (χ4n) is 1.68. The quantitative estimate of drug-likeness (QED) is 0.792. The lowest BCUT2D eigenvalue weighted by molar-refractivity contribution is -0.129. The highest BCUT2D eigenvalue weighted by Crippen LogP contribution is 2.30. The molecule has 0 spiro atoms. The van der Waals surface area contributed by atoms with Crippen molar-refractivity contribution >= 4 is 11.9 Å². The minimum atomic E-state index is -0.909. The number of carbonyl (C=O) groups excluding carboxylic acids is 2. The molecule has 1 fully saturated rings. The molecule has 2 N–H and O–H groups in total. The van der Waals surface area contributed by atoms with Crippen LogP contribution in [0.2, 0.25) is 0 Å². The van der Waals surface area contributed by atoms with Crippen LogP contribution in [0.5, 0.6) is 11.5 Å². The van der Waals surface area contributed by atoms with E-state index in [4.69, 9.17) is 9.47 Å². The number of nitrogens with one attached hydrogen (secondary N) is 1. The van der Waals surface area contributed by atoms with Crippen LogP contribution in [0.4, 0.5) is 0 Å². The molecule has 1 saturated carbocycles. The Hall–Kier alpha value is -2.24. The molecule has 1 atom stereocenters. The maximum absolute atomic E-state index is 11.9. The number of esters is 1. The zero-order valence-corrected chi connectivity index (χ0v) is 11.4. The van der Waals surface area contributed by atoms with Gasteiger partial charge in [-0.2, -0.15) is 0 Å². The molecule has 0 aromatic heterocycles. The van der Waals surface area contributed by atoms with Crippen molar-refractivity contribution in [1.29, 1.82) is 0 Å². The molecule has 6 nitrogen and oxygen atoms in total. The largest absolute Gasteiger partial charge is 0.504 e. The molecule has 20 heavy (non-hydrogen) atoms. The molecule has 1 aliphatic rings. The van der Waals surface area contributed by atoms with Crippen LogP contribution in [0.1, 0.15) is 30.1 Å². The summed E-state index contributed by atoms with van der Waals surface area (Å²) in [7, 11) is 1.38. The summed E-state index contributed by atoms with van der Waals surface area (Å²) in [6, 6.07) is 4.69. The highest BCUT2D eigenvalue weighted by Gasteiger charge is 2.28. The van der Waals surface area contributed by atoms with E-state index in [9.17, 15) is 14.7 Å². The van der Waals surface area contributed by atoms with Crippen molar-refractivity contribution in [1.82, 2.24) is 5.32 Å². The van der Waals surface area contributed by atoms with E-state index >= 15 is 0 Å². The van der Waals surface area contributed by atoms with Gasteiger partial charge in [-0.1, -0.05) is 6.07 Å². The van der Waals surface area contributed by atoms with Gasteiger partial charge in [0.25, 0.3) is 5.91 Å². The number of carbonyl (C=O) groups is 2.